The number of rotatable bonds is 3. The molecular weight excluding hydrogens is 219 g/mol. The van der Waals surface area contributed by atoms with Crippen molar-refractivity contribution in [3.05, 3.63) is 35.6 Å². The summed E-state index contributed by atoms with van der Waals surface area (Å²) in [5.41, 5.74) is 6.64. The van der Waals surface area contributed by atoms with Crippen LogP contribution in [0.1, 0.15) is 18.5 Å². The molecule has 0 aliphatic carbocycles. The average molecular weight is 238 g/mol. The zero-order valence-electron chi connectivity index (χ0n) is 10.1. The molecule has 2 atom stereocenters. The first-order valence-corrected chi connectivity index (χ1v) is 6.01. The molecule has 1 aromatic carbocycles. The summed E-state index contributed by atoms with van der Waals surface area (Å²) in [5.74, 6) is -0.221. The second-order valence-electron chi connectivity index (χ2n) is 4.57. The molecule has 0 aromatic heterocycles. The van der Waals surface area contributed by atoms with Crippen molar-refractivity contribution in [2.75, 3.05) is 26.2 Å². The number of nitrogens with two attached hydrogens (primary N) is 1. The van der Waals surface area contributed by atoms with Crippen LogP contribution in [0.3, 0.4) is 0 Å². The van der Waals surface area contributed by atoms with Crippen LogP contribution >= 0.6 is 0 Å². The van der Waals surface area contributed by atoms with E-state index in [2.05, 4.69) is 4.90 Å². The Morgan fingerprint density at radius 3 is 3.00 bits per heavy atom. The van der Waals surface area contributed by atoms with E-state index < -0.39 is 0 Å². The Labute approximate surface area is 101 Å². The molecule has 17 heavy (non-hydrogen) atoms. The monoisotopic (exact) mass is 238 g/mol. The molecule has 0 radical (unpaired) electrons. The van der Waals surface area contributed by atoms with Gasteiger partial charge in [0.15, 0.2) is 0 Å². The normalized spacial score (nSPS) is 23.6. The molecule has 2 N–H and O–H groups in total. The predicted octanol–water partition coefficient (Wildman–Crippen LogP) is 1.55. The van der Waals surface area contributed by atoms with E-state index in [0.717, 1.165) is 19.7 Å². The van der Waals surface area contributed by atoms with Crippen LogP contribution in [0.4, 0.5) is 4.39 Å². The Kier molecular flexibility index (Phi) is 4.10. The van der Waals surface area contributed by atoms with Crippen LogP contribution in [0, 0.1) is 5.82 Å². The SMILES string of the molecule is CC1CN(CC(N)c2ccccc2F)CCO1. The third-order valence-electron chi connectivity index (χ3n) is 3.08. The summed E-state index contributed by atoms with van der Waals surface area (Å²) in [6.45, 7) is 5.18. The van der Waals surface area contributed by atoms with E-state index in [1.54, 1.807) is 12.1 Å². The van der Waals surface area contributed by atoms with Gasteiger partial charge in [0.1, 0.15) is 5.82 Å². The minimum atomic E-state index is -0.276. The van der Waals surface area contributed by atoms with Crippen LogP contribution in [0.2, 0.25) is 0 Å². The molecule has 1 saturated heterocycles. The molecule has 3 nitrogen and oxygen atoms in total. The maximum Gasteiger partial charge on any atom is 0.128 e. The van der Waals surface area contributed by atoms with E-state index in [0.29, 0.717) is 12.1 Å². The van der Waals surface area contributed by atoms with E-state index in [-0.39, 0.29) is 18.0 Å². The number of hydrogen-bond acceptors (Lipinski definition) is 3. The quantitative estimate of drug-likeness (QED) is 0.868. The maximum atomic E-state index is 13.5. The van der Waals surface area contributed by atoms with Gasteiger partial charge in [-0.1, -0.05) is 18.2 Å². The molecule has 2 unspecified atom stereocenters. The molecule has 1 heterocycles. The maximum absolute atomic E-state index is 13.5. The van der Waals surface area contributed by atoms with Crippen molar-refractivity contribution in [2.45, 2.75) is 19.1 Å². The Morgan fingerprint density at radius 1 is 1.53 bits per heavy atom. The van der Waals surface area contributed by atoms with Gasteiger partial charge in [-0.2, -0.15) is 0 Å². The zero-order valence-corrected chi connectivity index (χ0v) is 10.1. The number of hydrogen-bond donors (Lipinski definition) is 1. The van der Waals surface area contributed by atoms with Gasteiger partial charge in [0, 0.05) is 31.2 Å². The third kappa shape index (κ3) is 3.25. The lowest BCUT2D eigenvalue weighted by molar-refractivity contribution is -0.0200. The molecule has 94 valence electrons. The predicted molar refractivity (Wildman–Crippen MR) is 65.2 cm³/mol. The minimum Gasteiger partial charge on any atom is -0.376 e. The van der Waals surface area contributed by atoms with Gasteiger partial charge in [0.05, 0.1) is 12.7 Å². The highest BCUT2D eigenvalue weighted by Gasteiger charge is 2.20. The number of nitrogens with zero attached hydrogens (tertiary/aromatic N) is 1. The lowest BCUT2D eigenvalue weighted by Gasteiger charge is -2.32. The smallest absolute Gasteiger partial charge is 0.128 e. The lowest BCUT2D eigenvalue weighted by atomic mass is 10.1. The standard InChI is InChI=1S/C13H19FN2O/c1-10-8-16(6-7-17-10)9-13(15)11-4-2-3-5-12(11)14/h2-5,10,13H,6-9,15H2,1H3. The Balaban J connectivity index is 1.97. The molecule has 4 heteroatoms. The summed E-state index contributed by atoms with van der Waals surface area (Å²) in [6.07, 6.45) is 0.233. The molecule has 0 spiro atoms. The van der Waals surface area contributed by atoms with Gasteiger partial charge in [-0.05, 0) is 13.0 Å². The molecule has 2 rings (SSSR count). The first-order chi connectivity index (χ1) is 8.16. The second-order valence-corrected chi connectivity index (χ2v) is 4.57. The molecular formula is C13H19FN2O. The van der Waals surface area contributed by atoms with E-state index in [1.165, 1.54) is 6.07 Å². The van der Waals surface area contributed by atoms with Crippen molar-refractivity contribution in [1.29, 1.82) is 0 Å². The van der Waals surface area contributed by atoms with Crippen molar-refractivity contribution in [1.82, 2.24) is 4.90 Å². The van der Waals surface area contributed by atoms with Crippen LogP contribution in [-0.2, 0) is 4.74 Å². The highest BCUT2D eigenvalue weighted by molar-refractivity contribution is 5.21. The third-order valence-corrected chi connectivity index (χ3v) is 3.08. The van der Waals surface area contributed by atoms with Crippen LogP contribution in [0.15, 0.2) is 24.3 Å². The fraction of sp³-hybridized carbons (Fsp3) is 0.538. The second kappa shape index (κ2) is 5.58. The average Bonchev–Trinajstić information content (AvgIpc) is 2.29. The van der Waals surface area contributed by atoms with Gasteiger partial charge < -0.3 is 10.5 Å². The summed E-state index contributed by atoms with van der Waals surface area (Å²) in [5, 5.41) is 0. The topological polar surface area (TPSA) is 38.5 Å². The van der Waals surface area contributed by atoms with Gasteiger partial charge in [0.2, 0.25) is 0 Å². The highest BCUT2D eigenvalue weighted by atomic mass is 19.1. The highest BCUT2D eigenvalue weighted by Crippen LogP contribution is 2.16. The molecule has 1 aromatic rings. The Bertz CT molecular complexity index is 372. The summed E-state index contributed by atoms with van der Waals surface area (Å²) in [6, 6.07) is 6.44. The molecule has 0 bridgehead atoms. The van der Waals surface area contributed by atoms with Crippen molar-refractivity contribution < 1.29 is 9.13 Å². The Morgan fingerprint density at radius 2 is 2.29 bits per heavy atom. The number of ether oxygens (including phenoxy) is 1. The van der Waals surface area contributed by atoms with E-state index in [9.17, 15) is 4.39 Å². The fourth-order valence-corrected chi connectivity index (χ4v) is 2.21. The molecule has 1 aliphatic rings. The van der Waals surface area contributed by atoms with Crippen LogP contribution in [-0.4, -0.2) is 37.2 Å². The zero-order chi connectivity index (χ0) is 12.3. The minimum absolute atomic E-state index is 0.221. The summed E-state index contributed by atoms with van der Waals surface area (Å²) >= 11 is 0. The van der Waals surface area contributed by atoms with Gasteiger partial charge in [-0.25, -0.2) is 4.39 Å². The van der Waals surface area contributed by atoms with E-state index >= 15 is 0 Å². The molecule has 0 amide bonds. The van der Waals surface area contributed by atoms with Crippen LogP contribution in [0.25, 0.3) is 0 Å². The van der Waals surface area contributed by atoms with Crippen molar-refractivity contribution in [2.24, 2.45) is 5.73 Å². The van der Waals surface area contributed by atoms with Crippen molar-refractivity contribution in [3.8, 4) is 0 Å². The first kappa shape index (κ1) is 12.5. The van der Waals surface area contributed by atoms with Gasteiger partial charge in [-0.3, -0.25) is 4.90 Å². The number of benzene rings is 1. The number of morpholine rings is 1. The largest absolute Gasteiger partial charge is 0.376 e. The summed E-state index contributed by atoms with van der Waals surface area (Å²) in [7, 11) is 0. The lowest BCUT2D eigenvalue weighted by Crippen LogP contribution is -2.44. The van der Waals surface area contributed by atoms with Crippen LogP contribution in [0.5, 0.6) is 0 Å². The van der Waals surface area contributed by atoms with Crippen molar-refractivity contribution in [3.63, 3.8) is 0 Å². The molecule has 1 fully saturated rings. The van der Waals surface area contributed by atoms with E-state index in [1.807, 2.05) is 13.0 Å². The fourth-order valence-electron chi connectivity index (χ4n) is 2.21. The first-order valence-electron chi connectivity index (χ1n) is 6.01. The molecule has 1 aliphatic heterocycles. The van der Waals surface area contributed by atoms with Gasteiger partial charge in [0.25, 0.3) is 0 Å². The number of halogens is 1. The van der Waals surface area contributed by atoms with Gasteiger partial charge >= 0.3 is 0 Å². The van der Waals surface area contributed by atoms with E-state index in [4.69, 9.17) is 10.5 Å². The summed E-state index contributed by atoms with van der Waals surface area (Å²) < 4.78 is 19.0. The van der Waals surface area contributed by atoms with Gasteiger partial charge in [-0.15, -0.1) is 0 Å². The van der Waals surface area contributed by atoms with Crippen LogP contribution < -0.4 is 5.73 Å². The Hall–Kier alpha value is -0.970. The molecule has 0 saturated carbocycles. The van der Waals surface area contributed by atoms with Crippen molar-refractivity contribution >= 4 is 0 Å². The summed E-state index contributed by atoms with van der Waals surface area (Å²) in [4.78, 5) is 2.23.